The van der Waals surface area contributed by atoms with Crippen molar-refractivity contribution in [3.05, 3.63) is 28.8 Å². The van der Waals surface area contributed by atoms with Crippen LogP contribution in [0.25, 0.3) is 0 Å². The molecule has 1 heterocycles. The summed E-state index contributed by atoms with van der Waals surface area (Å²) in [6, 6.07) is 5.62. The van der Waals surface area contributed by atoms with E-state index in [4.69, 9.17) is 35.0 Å². The first-order valence-electron chi connectivity index (χ1n) is 6.37. The molecular weight excluding hydrogens is 278 g/mol. The van der Waals surface area contributed by atoms with E-state index in [0.29, 0.717) is 10.8 Å². The van der Waals surface area contributed by atoms with Crippen LogP contribution in [-0.2, 0) is 0 Å². The van der Waals surface area contributed by atoms with E-state index in [2.05, 4.69) is 10.8 Å². The second-order valence-electron chi connectivity index (χ2n) is 4.49. The monoisotopic (exact) mass is 293 g/mol. The van der Waals surface area contributed by atoms with Crippen molar-refractivity contribution in [3.63, 3.8) is 0 Å². The Morgan fingerprint density at radius 2 is 2.11 bits per heavy atom. The van der Waals surface area contributed by atoms with Gasteiger partial charge in [0, 0.05) is 18.7 Å². The molecule has 2 rings (SSSR count). The number of likely N-dealkylation sites (tertiary alicyclic amines) is 1. The lowest BCUT2D eigenvalue weighted by Crippen LogP contribution is -2.34. The summed E-state index contributed by atoms with van der Waals surface area (Å²) < 4.78 is 5.34. The van der Waals surface area contributed by atoms with Gasteiger partial charge in [0.05, 0.1) is 5.02 Å². The number of halogens is 1. The molecule has 0 N–H and O–H groups in total. The largest absolute Gasteiger partial charge is 0.479 e. The van der Waals surface area contributed by atoms with Crippen LogP contribution in [0.15, 0.2) is 18.2 Å². The molecule has 1 fully saturated rings. The zero-order valence-electron chi connectivity index (χ0n) is 10.7. The van der Waals surface area contributed by atoms with Crippen LogP contribution in [-0.4, -0.2) is 29.6 Å². The van der Waals surface area contributed by atoms with E-state index >= 15 is 0 Å². The Kier molecular flexibility index (Phi) is 5.07. The fourth-order valence-electron chi connectivity index (χ4n) is 2.15. The van der Waals surface area contributed by atoms with Gasteiger partial charge in [-0.25, -0.2) is 0 Å². The Morgan fingerprint density at radius 1 is 1.37 bits per heavy atom. The second kappa shape index (κ2) is 6.79. The average molecular weight is 294 g/mol. The van der Waals surface area contributed by atoms with Crippen molar-refractivity contribution in [1.82, 2.24) is 4.90 Å². The summed E-state index contributed by atoms with van der Waals surface area (Å²) >= 11 is 11.7. The van der Waals surface area contributed by atoms with E-state index < -0.39 is 0 Å². The molecule has 19 heavy (non-hydrogen) atoms. The number of rotatable bonds is 3. The number of piperidine rings is 1. The zero-order chi connectivity index (χ0) is 13.7. The van der Waals surface area contributed by atoms with E-state index in [9.17, 15) is 0 Å². The van der Waals surface area contributed by atoms with E-state index in [1.807, 2.05) is 18.2 Å². The van der Waals surface area contributed by atoms with Crippen LogP contribution in [0.5, 0.6) is 5.75 Å². The quantitative estimate of drug-likeness (QED) is 0.625. The van der Waals surface area contributed by atoms with Crippen molar-refractivity contribution in [2.24, 2.45) is 0 Å². The summed E-state index contributed by atoms with van der Waals surface area (Å²) in [7, 11) is 0. The first-order valence-corrected chi connectivity index (χ1v) is 7.16. The molecule has 1 aromatic rings. The Bertz CT molecular complexity index is 503. The number of hydrogen-bond donors (Lipinski definition) is 0. The normalized spacial score (nSPS) is 14.8. The fourth-order valence-corrected chi connectivity index (χ4v) is 2.69. The van der Waals surface area contributed by atoms with Crippen LogP contribution in [0.3, 0.4) is 0 Å². The predicted octanol–water partition coefficient (Wildman–Crippen LogP) is 3.51. The summed E-state index contributed by atoms with van der Waals surface area (Å²) in [5, 5.41) is 0.548. The summed E-state index contributed by atoms with van der Waals surface area (Å²) in [5.74, 6) is 3.02. The summed E-state index contributed by atoms with van der Waals surface area (Å²) in [4.78, 5) is 3.11. The molecule has 0 aromatic heterocycles. The highest BCUT2D eigenvalue weighted by atomic mass is 35.5. The topological polar surface area (TPSA) is 12.5 Å². The van der Waals surface area contributed by atoms with Crippen molar-refractivity contribution in [2.75, 3.05) is 19.7 Å². The number of thiocarbonyl (C=S) groups is 1. The standard InChI is InChI=1S/C15H16ClNOS/c1-2-10-18-14-7-6-12(11-13(14)16)15(19)17-8-4-3-5-9-17/h1,6-7,11H,3-5,8-10H2. The molecule has 2 nitrogen and oxygen atoms in total. The van der Waals surface area contributed by atoms with Crippen molar-refractivity contribution in [1.29, 1.82) is 0 Å². The van der Waals surface area contributed by atoms with Gasteiger partial charge in [-0.3, -0.25) is 0 Å². The minimum absolute atomic E-state index is 0.218. The third kappa shape index (κ3) is 3.62. The van der Waals surface area contributed by atoms with E-state index in [1.165, 1.54) is 19.3 Å². The van der Waals surface area contributed by atoms with Crippen molar-refractivity contribution >= 4 is 28.8 Å². The Hall–Kier alpha value is -1.24. The SMILES string of the molecule is C#CCOc1ccc(C(=S)N2CCCCC2)cc1Cl. The van der Waals surface area contributed by atoms with Crippen LogP contribution in [0.2, 0.25) is 5.02 Å². The van der Waals surface area contributed by atoms with Gasteiger partial charge in [-0.1, -0.05) is 29.7 Å². The number of nitrogens with zero attached hydrogens (tertiary/aromatic N) is 1. The van der Waals surface area contributed by atoms with Gasteiger partial charge in [-0.05, 0) is 37.5 Å². The lowest BCUT2D eigenvalue weighted by atomic mass is 10.1. The number of ether oxygens (including phenoxy) is 1. The number of hydrogen-bond acceptors (Lipinski definition) is 2. The molecule has 0 bridgehead atoms. The third-order valence-corrected chi connectivity index (χ3v) is 3.92. The molecule has 0 atom stereocenters. The van der Waals surface area contributed by atoms with Gasteiger partial charge in [-0.2, -0.15) is 0 Å². The van der Waals surface area contributed by atoms with Gasteiger partial charge in [0.1, 0.15) is 17.3 Å². The highest BCUT2D eigenvalue weighted by molar-refractivity contribution is 7.80. The van der Waals surface area contributed by atoms with E-state index in [1.54, 1.807) is 0 Å². The van der Waals surface area contributed by atoms with E-state index in [0.717, 1.165) is 23.6 Å². The minimum atomic E-state index is 0.218. The summed E-state index contributed by atoms with van der Waals surface area (Å²) in [6.07, 6.45) is 8.86. The molecule has 0 unspecified atom stereocenters. The Morgan fingerprint density at radius 3 is 2.74 bits per heavy atom. The van der Waals surface area contributed by atoms with Crippen LogP contribution in [0.1, 0.15) is 24.8 Å². The molecule has 0 amide bonds. The first-order chi connectivity index (χ1) is 9.22. The first kappa shape index (κ1) is 14.2. The Balaban J connectivity index is 2.10. The highest BCUT2D eigenvalue weighted by Gasteiger charge is 2.15. The summed E-state index contributed by atoms with van der Waals surface area (Å²) in [6.45, 7) is 2.28. The van der Waals surface area contributed by atoms with Crippen molar-refractivity contribution in [3.8, 4) is 18.1 Å². The van der Waals surface area contributed by atoms with Gasteiger partial charge >= 0.3 is 0 Å². The molecule has 0 radical (unpaired) electrons. The van der Waals surface area contributed by atoms with Crippen molar-refractivity contribution in [2.45, 2.75) is 19.3 Å². The molecule has 1 aliphatic rings. The van der Waals surface area contributed by atoms with Crippen LogP contribution >= 0.6 is 23.8 Å². The number of terminal acetylenes is 1. The lowest BCUT2D eigenvalue weighted by Gasteiger charge is -2.29. The minimum Gasteiger partial charge on any atom is -0.479 e. The van der Waals surface area contributed by atoms with Gasteiger partial charge < -0.3 is 9.64 Å². The predicted molar refractivity (Wildman–Crippen MR) is 82.9 cm³/mol. The average Bonchev–Trinajstić information content (AvgIpc) is 2.46. The lowest BCUT2D eigenvalue weighted by molar-refractivity contribution is 0.347. The van der Waals surface area contributed by atoms with Gasteiger partial charge in [0.15, 0.2) is 0 Å². The molecule has 0 spiro atoms. The Labute approximate surface area is 124 Å². The molecular formula is C15H16ClNOS. The van der Waals surface area contributed by atoms with Crippen LogP contribution in [0.4, 0.5) is 0 Å². The molecule has 1 aliphatic heterocycles. The molecule has 1 aromatic carbocycles. The van der Waals surface area contributed by atoms with Gasteiger partial charge in [0.25, 0.3) is 0 Å². The number of benzene rings is 1. The fraction of sp³-hybridized carbons (Fsp3) is 0.400. The summed E-state index contributed by atoms with van der Waals surface area (Å²) in [5.41, 5.74) is 0.968. The molecule has 100 valence electrons. The molecule has 0 saturated carbocycles. The smallest absolute Gasteiger partial charge is 0.148 e. The van der Waals surface area contributed by atoms with Crippen LogP contribution in [0, 0.1) is 12.3 Å². The molecule has 1 saturated heterocycles. The van der Waals surface area contributed by atoms with Gasteiger partial charge in [-0.15, -0.1) is 6.42 Å². The zero-order valence-corrected chi connectivity index (χ0v) is 12.3. The maximum Gasteiger partial charge on any atom is 0.148 e. The third-order valence-electron chi connectivity index (χ3n) is 3.13. The van der Waals surface area contributed by atoms with E-state index in [-0.39, 0.29) is 6.61 Å². The highest BCUT2D eigenvalue weighted by Crippen LogP contribution is 2.26. The molecule has 0 aliphatic carbocycles. The van der Waals surface area contributed by atoms with Crippen LogP contribution < -0.4 is 4.74 Å². The maximum atomic E-state index is 6.18. The second-order valence-corrected chi connectivity index (χ2v) is 5.28. The van der Waals surface area contributed by atoms with Crippen molar-refractivity contribution < 1.29 is 4.74 Å². The molecule has 4 heteroatoms. The maximum absolute atomic E-state index is 6.18. The van der Waals surface area contributed by atoms with Gasteiger partial charge in [0.2, 0.25) is 0 Å².